The second-order valence-corrected chi connectivity index (χ2v) is 6.74. The van der Waals surface area contributed by atoms with E-state index in [1.807, 2.05) is 11.8 Å². The van der Waals surface area contributed by atoms with Crippen molar-refractivity contribution in [3.05, 3.63) is 17.2 Å². The Hall–Kier alpha value is -0.820. The van der Waals surface area contributed by atoms with Crippen LogP contribution >= 0.6 is 24.8 Å². The average Bonchev–Trinajstić information content (AvgIpc) is 2.92. The lowest BCUT2D eigenvalue weighted by Crippen LogP contribution is -2.53. The zero-order chi connectivity index (χ0) is 15.1. The van der Waals surface area contributed by atoms with Gasteiger partial charge in [0.15, 0.2) is 0 Å². The number of fused-ring (bicyclic) bond motifs is 2. The molecule has 2 aliphatic heterocycles. The van der Waals surface area contributed by atoms with Crippen LogP contribution in [0.15, 0.2) is 0 Å². The van der Waals surface area contributed by atoms with Crippen molar-refractivity contribution in [1.29, 1.82) is 0 Å². The third-order valence-corrected chi connectivity index (χ3v) is 5.24. The van der Waals surface area contributed by atoms with Gasteiger partial charge in [0.1, 0.15) is 5.82 Å². The smallest absolute Gasteiger partial charge is 0.226 e. The van der Waals surface area contributed by atoms with Crippen molar-refractivity contribution in [3.63, 3.8) is 0 Å². The molecule has 1 amide bonds. The number of H-pyrrole nitrogens is 1. The lowest BCUT2D eigenvalue weighted by Gasteiger charge is -2.40. The Balaban J connectivity index is 0.00000104. The van der Waals surface area contributed by atoms with Crippen molar-refractivity contribution in [2.45, 2.75) is 51.3 Å². The summed E-state index contributed by atoms with van der Waals surface area (Å²) in [5.41, 5.74) is 2.25. The highest BCUT2D eigenvalue weighted by Gasteiger charge is 2.38. The van der Waals surface area contributed by atoms with E-state index in [4.69, 9.17) is 4.74 Å². The van der Waals surface area contributed by atoms with E-state index in [0.29, 0.717) is 24.6 Å². The van der Waals surface area contributed by atoms with Gasteiger partial charge in [0.2, 0.25) is 5.91 Å². The molecule has 0 unspecified atom stereocenters. The van der Waals surface area contributed by atoms with E-state index in [1.165, 1.54) is 0 Å². The number of hydrogen-bond donors (Lipinski definition) is 2. The van der Waals surface area contributed by atoms with Gasteiger partial charge < -0.3 is 19.9 Å². The van der Waals surface area contributed by atoms with Gasteiger partial charge in [-0.2, -0.15) is 0 Å². The summed E-state index contributed by atoms with van der Waals surface area (Å²) in [5, 5.41) is 3.52. The Bertz CT molecular complexity index is 580. The minimum atomic E-state index is 0. The number of aromatic nitrogens is 2. The molecule has 6 nitrogen and oxygen atoms in total. The van der Waals surface area contributed by atoms with Crippen molar-refractivity contribution >= 4 is 30.7 Å². The van der Waals surface area contributed by atoms with Gasteiger partial charge in [-0.15, -0.1) is 24.8 Å². The Labute approximate surface area is 154 Å². The van der Waals surface area contributed by atoms with E-state index in [-0.39, 0.29) is 30.7 Å². The van der Waals surface area contributed by atoms with Gasteiger partial charge in [0.25, 0.3) is 0 Å². The first-order chi connectivity index (χ1) is 10.7. The van der Waals surface area contributed by atoms with Crippen LogP contribution in [0.2, 0.25) is 0 Å². The number of amides is 1. The van der Waals surface area contributed by atoms with Gasteiger partial charge >= 0.3 is 0 Å². The Kier molecular flexibility index (Phi) is 6.53. The fraction of sp³-hybridized carbons (Fsp3) is 0.750. The van der Waals surface area contributed by atoms with Crippen LogP contribution in [0.4, 0.5) is 0 Å². The zero-order valence-corrected chi connectivity index (χ0v) is 15.5. The number of aryl methyl sites for hydroxylation is 1. The van der Waals surface area contributed by atoms with Crippen LogP contribution in [0, 0.1) is 12.8 Å². The van der Waals surface area contributed by atoms with Crippen molar-refractivity contribution in [2.24, 2.45) is 5.92 Å². The van der Waals surface area contributed by atoms with Gasteiger partial charge in [-0.05, 0) is 26.2 Å². The summed E-state index contributed by atoms with van der Waals surface area (Å²) in [5.74, 6) is 1.40. The summed E-state index contributed by atoms with van der Waals surface area (Å²) < 4.78 is 5.80. The SMILES string of the molecule is Cc1nc2c([nH]1)CN(C(=O)[C@H]1CC[C@H]3OCCN[C@@H]3C1)CC2.Cl.Cl. The van der Waals surface area contributed by atoms with E-state index in [1.54, 1.807) is 0 Å². The number of carbonyl (C=O) groups is 1. The van der Waals surface area contributed by atoms with Gasteiger partial charge in [0, 0.05) is 31.5 Å². The Morgan fingerprint density at radius 3 is 3.00 bits per heavy atom. The molecule has 136 valence electrons. The molecule has 2 N–H and O–H groups in total. The van der Waals surface area contributed by atoms with Crippen LogP contribution in [0.3, 0.4) is 0 Å². The topological polar surface area (TPSA) is 70.2 Å². The van der Waals surface area contributed by atoms with Crippen LogP contribution in [0.5, 0.6) is 0 Å². The summed E-state index contributed by atoms with van der Waals surface area (Å²) in [6.07, 6.45) is 4.03. The number of nitrogens with one attached hydrogen (secondary N) is 2. The van der Waals surface area contributed by atoms with Gasteiger partial charge in [-0.3, -0.25) is 4.79 Å². The molecule has 0 bridgehead atoms. The number of hydrogen-bond acceptors (Lipinski definition) is 4. The number of morpholine rings is 1. The first-order valence-corrected chi connectivity index (χ1v) is 8.39. The number of aromatic amines is 1. The number of nitrogens with zero attached hydrogens (tertiary/aromatic N) is 2. The molecular formula is C16H26Cl2N4O2. The standard InChI is InChI=1S/C16H24N4O2.2ClH/c1-10-18-12-4-6-20(9-14(12)19-10)16(21)11-2-3-15-13(8-11)17-5-7-22-15;;/h11,13,15,17H,2-9H2,1H3,(H,18,19);2*1H/t11-,13+,15+;;/m0../s1. The summed E-state index contributed by atoms with van der Waals surface area (Å²) in [4.78, 5) is 22.7. The van der Waals surface area contributed by atoms with Crippen molar-refractivity contribution < 1.29 is 9.53 Å². The quantitative estimate of drug-likeness (QED) is 0.780. The minimum Gasteiger partial charge on any atom is -0.375 e. The molecule has 24 heavy (non-hydrogen) atoms. The molecule has 0 radical (unpaired) electrons. The highest BCUT2D eigenvalue weighted by molar-refractivity contribution is 5.85. The van der Waals surface area contributed by atoms with Crippen LogP contribution in [0.1, 0.15) is 36.5 Å². The lowest BCUT2D eigenvalue weighted by atomic mass is 9.82. The Morgan fingerprint density at radius 2 is 2.17 bits per heavy atom. The second kappa shape index (κ2) is 8.04. The zero-order valence-electron chi connectivity index (χ0n) is 13.9. The van der Waals surface area contributed by atoms with Crippen molar-refractivity contribution in [2.75, 3.05) is 19.7 Å². The third kappa shape index (κ3) is 3.72. The molecule has 0 aromatic carbocycles. The number of imidazole rings is 1. The minimum absolute atomic E-state index is 0. The van der Waals surface area contributed by atoms with Crippen LogP contribution in [-0.4, -0.2) is 52.6 Å². The average molecular weight is 377 g/mol. The normalized spacial score (nSPS) is 28.9. The molecule has 1 aliphatic carbocycles. The highest BCUT2D eigenvalue weighted by Crippen LogP contribution is 2.30. The molecular weight excluding hydrogens is 351 g/mol. The molecule has 1 saturated carbocycles. The van der Waals surface area contributed by atoms with Gasteiger partial charge in [-0.25, -0.2) is 4.98 Å². The molecule has 3 atom stereocenters. The number of halogens is 2. The molecule has 3 aliphatic rings. The second-order valence-electron chi connectivity index (χ2n) is 6.74. The van der Waals surface area contributed by atoms with E-state index in [2.05, 4.69) is 15.3 Å². The van der Waals surface area contributed by atoms with E-state index in [9.17, 15) is 4.79 Å². The first kappa shape index (κ1) is 19.5. The molecule has 3 heterocycles. The molecule has 0 spiro atoms. The molecule has 8 heteroatoms. The van der Waals surface area contributed by atoms with Crippen LogP contribution in [-0.2, 0) is 22.5 Å². The molecule has 1 aromatic rings. The third-order valence-electron chi connectivity index (χ3n) is 5.24. The molecule has 4 rings (SSSR count). The highest BCUT2D eigenvalue weighted by atomic mass is 35.5. The molecule has 1 saturated heterocycles. The van der Waals surface area contributed by atoms with Gasteiger partial charge in [-0.1, -0.05) is 0 Å². The van der Waals surface area contributed by atoms with Crippen molar-refractivity contribution in [1.82, 2.24) is 20.2 Å². The van der Waals surface area contributed by atoms with E-state index < -0.39 is 0 Å². The maximum absolute atomic E-state index is 12.9. The summed E-state index contributed by atoms with van der Waals surface area (Å²) in [6.45, 7) is 5.16. The summed E-state index contributed by atoms with van der Waals surface area (Å²) >= 11 is 0. The largest absolute Gasteiger partial charge is 0.375 e. The summed E-state index contributed by atoms with van der Waals surface area (Å²) in [6, 6.07) is 0.353. The van der Waals surface area contributed by atoms with Crippen molar-refractivity contribution in [3.8, 4) is 0 Å². The van der Waals surface area contributed by atoms with Gasteiger partial charge in [0.05, 0.1) is 30.6 Å². The monoisotopic (exact) mass is 376 g/mol. The lowest BCUT2D eigenvalue weighted by molar-refractivity contribution is -0.140. The predicted octanol–water partition coefficient (Wildman–Crippen LogP) is 1.60. The fourth-order valence-electron chi connectivity index (χ4n) is 4.12. The fourth-order valence-corrected chi connectivity index (χ4v) is 4.12. The first-order valence-electron chi connectivity index (χ1n) is 8.39. The predicted molar refractivity (Wildman–Crippen MR) is 95.8 cm³/mol. The van der Waals surface area contributed by atoms with E-state index in [0.717, 1.165) is 62.6 Å². The number of ether oxygens (including phenoxy) is 1. The molecule has 1 aromatic heterocycles. The molecule has 2 fully saturated rings. The van der Waals surface area contributed by atoms with Crippen LogP contribution in [0.25, 0.3) is 0 Å². The summed E-state index contributed by atoms with van der Waals surface area (Å²) in [7, 11) is 0. The maximum atomic E-state index is 12.9. The van der Waals surface area contributed by atoms with E-state index >= 15 is 0 Å². The number of carbonyl (C=O) groups excluding carboxylic acids is 1. The maximum Gasteiger partial charge on any atom is 0.226 e. The Morgan fingerprint density at radius 1 is 1.33 bits per heavy atom. The van der Waals surface area contributed by atoms with Crippen LogP contribution < -0.4 is 5.32 Å². The number of rotatable bonds is 1.